The summed E-state index contributed by atoms with van der Waals surface area (Å²) in [6, 6.07) is 7.27. The first-order chi connectivity index (χ1) is 13.2. The summed E-state index contributed by atoms with van der Waals surface area (Å²) in [6.07, 6.45) is 6.48. The van der Waals surface area contributed by atoms with Gasteiger partial charge in [0.15, 0.2) is 11.6 Å². The normalized spacial score (nSPS) is 13.0. The molecule has 1 unspecified atom stereocenters. The average Bonchev–Trinajstić information content (AvgIpc) is 2.63. The van der Waals surface area contributed by atoms with Crippen molar-refractivity contribution >= 4 is 0 Å². The van der Waals surface area contributed by atoms with Crippen molar-refractivity contribution in [3.8, 4) is 11.1 Å². The van der Waals surface area contributed by atoms with Gasteiger partial charge in [-0.2, -0.15) is 0 Å². The van der Waals surface area contributed by atoms with Crippen LogP contribution in [-0.4, -0.2) is 21.3 Å². The molecule has 3 nitrogen and oxygen atoms in total. The van der Waals surface area contributed by atoms with Crippen LogP contribution in [0.1, 0.15) is 63.4 Å². The van der Waals surface area contributed by atoms with Crippen LogP contribution in [0, 0.1) is 17.5 Å². The van der Waals surface area contributed by atoms with E-state index in [1.54, 1.807) is 0 Å². The Kier molecular flexibility index (Phi) is 8.04. The van der Waals surface area contributed by atoms with Gasteiger partial charge in [-0.15, -0.1) is 0 Å². The van der Waals surface area contributed by atoms with Crippen molar-refractivity contribution in [1.29, 1.82) is 0 Å². The highest BCUT2D eigenvalue weighted by Crippen LogP contribution is 2.33. The topological polar surface area (TPSA) is 60.7 Å². The largest absolute Gasteiger partial charge is 0.343 e. The fourth-order valence-electron chi connectivity index (χ4n) is 3.35. The minimum Gasteiger partial charge on any atom is -0.343 e. The Bertz CT molecular complexity index is 755. The predicted molar refractivity (Wildman–Crippen MR) is 102 cm³/mol. The van der Waals surface area contributed by atoms with Crippen LogP contribution < -0.4 is 0 Å². The van der Waals surface area contributed by atoms with E-state index in [2.05, 4.69) is 6.92 Å². The maximum absolute atomic E-state index is 13.9. The van der Waals surface area contributed by atoms with Crippen LogP contribution in [0.5, 0.6) is 0 Å². The van der Waals surface area contributed by atoms with Crippen LogP contribution in [0.2, 0.25) is 0 Å². The smallest absolute Gasteiger partial charge is 0.282 e. The van der Waals surface area contributed by atoms with Gasteiger partial charge in [-0.1, -0.05) is 69.7 Å². The quantitative estimate of drug-likeness (QED) is 0.293. The lowest BCUT2D eigenvalue weighted by Gasteiger charge is -2.26. The number of hydrogen-bond donors (Lipinski definition) is 3. The Balaban J connectivity index is 2.12. The minimum atomic E-state index is -2.88. The lowest BCUT2D eigenvalue weighted by atomic mass is 9.89. The first-order valence-corrected chi connectivity index (χ1v) is 9.66. The molecule has 28 heavy (non-hydrogen) atoms. The van der Waals surface area contributed by atoms with E-state index < -0.39 is 29.3 Å². The fourth-order valence-corrected chi connectivity index (χ4v) is 3.35. The Morgan fingerprint density at radius 1 is 0.786 bits per heavy atom. The molecule has 0 fully saturated rings. The molecular weight excluding hydrogens is 369 g/mol. The second-order valence-corrected chi connectivity index (χ2v) is 7.16. The first-order valence-electron chi connectivity index (χ1n) is 9.66. The molecule has 6 heteroatoms. The average molecular weight is 396 g/mol. The molecule has 0 aromatic heterocycles. The van der Waals surface area contributed by atoms with Gasteiger partial charge in [-0.25, -0.2) is 13.2 Å². The second kappa shape index (κ2) is 10.0. The highest BCUT2D eigenvalue weighted by molar-refractivity contribution is 5.64. The summed E-state index contributed by atoms with van der Waals surface area (Å²) in [4.78, 5) is 0. The third-order valence-corrected chi connectivity index (χ3v) is 4.95. The zero-order valence-corrected chi connectivity index (χ0v) is 16.0. The lowest BCUT2D eigenvalue weighted by Crippen LogP contribution is -2.35. The molecule has 0 bridgehead atoms. The second-order valence-electron chi connectivity index (χ2n) is 7.16. The SMILES string of the molecule is CCCCCCCCC(c1ccc(-c2cc(F)c(F)cc2F)cc1)C(O)(O)O. The molecule has 0 amide bonds. The van der Waals surface area contributed by atoms with Gasteiger partial charge in [-0.3, -0.25) is 0 Å². The van der Waals surface area contributed by atoms with Gasteiger partial charge < -0.3 is 15.3 Å². The molecule has 0 aliphatic heterocycles. The standard InChI is InChI=1S/C22H27F3O3/c1-2-3-4-5-6-7-8-18(22(26,27)28)16-11-9-15(10-12-16)17-13-20(24)21(25)14-19(17)23/h9-14,18,26-28H,2-8H2,1H3. The summed E-state index contributed by atoms with van der Waals surface area (Å²) in [6.45, 7) is 2.13. The Hall–Kier alpha value is -1.89. The van der Waals surface area contributed by atoms with Gasteiger partial charge in [0.1, 0.15) is 5.82 Å². The Labute approximate surface area is 163 Å². The van der Waals surface area contributed by atoms with Crippen molar-refractivity contribution in [3.05, 3.63) is 59.4 Å². The van der Waals surface area contributed by atoms with E-state index in [9.17, 15) is 28.5 Å². The molecule has 2 aromatic rings. The summed E-state index contributed by atoms with van der Waals surface area (Å²) in [5.41, 5.74) is 0.687. The molecule has 0 radical (unpaired) electrons. The van der Waals surface area contributed by atoms with Crippen molar-refractivity contribution in [2.75, 3.05) is 0 Å². The molecule has 0 heterocycles. The van der Waals surface area contributed by atoms with Gasteiger partial charge in [-0.05, 0) is 23.6 Å². The van der Waals surface area contributed by atoms with E-state index in [1.807, 2.05) is 0 Å². The maximum Gasteiger partial charge on any atom is 0.282 e. The Morgan fingerprint density at radius 2 is 1.36 bits per heavy atom. The van der Waals surface area contributed by atoms with Crippen molar-refractivity contribution in [3.63, 3.8) is 0 Å². The van der Waals surface area contributed by atoms with Crippen LogP contribution in [-0.2, 0) is 0 Å². The highest BCUT2D eigenvalue weighted by Gasteiger charge is 2.33. The van der Waals surface area contributed by atoms with E-state index in [-0.39, 0.29) is 5.56 Å². The van der Waals surface area contributed by atoms with E-state index in [4.69, 9.17) is 0 Å². The summed E-state index contributed by atoms with van der Waals surface area (Å²) in [5, 5.41) is 29.2. The van der Waals surface area contributed by atoms with Gasteiger partial charge in [0.25, 0.3) is 5.97 Å². The maximum atomic E-state index is 13.9. The van der Waals surface area contributed by atoms with Gasteiger partial charge >= 0.3 is 0 Å². The molecule has 0 spiro atoms. The molecule has 1 atom stereocenters. The van der Waals surface area contributed by atoms with Crippen LogP contribution in [0.15, 0.2) is 36.4 Å². The monoisotopic (exact) mass is 396 g/mol. The summed E-state index contributed by atoms with van der Waals surface area (Å²) in [7, 11) is 0. The van der Waals surface area contributed by atoms with Crippen molar-refractivity contribution in [2.24, 2.45) is 0 Å². The molecule has 0 saturated heterocycles. The third-order valence-electron chi connectivity index (χ3n) is 4.95. The number of benzene rings is 2. The fraction of sp³-hybridized carbons (Fsp3) is 0.455. The van der Waals surface area contributed by atoms with Crippen molar-refractivity contribution in [1.82, 2.24) is 0 Å². The van der Waals surface area contributed by atoms with Crippen LogP contribution in [0.25, 0.3) is 11.1 Å². The molecule has 0 saturated carbocycles. The number of aliphatic hydroxyl groups is 3. The van der Waals surface area contributed by atoms with E-state index in [0.29, 0.717) is 23.6 Å². The van der Waals surface area contributed by atoms with Crippen LogP contribution >= 0.6 is 0 Å². The van der Waals surface area contributed by atoms with Gasteiger partial charge in [0.2, 0.25) is 0 Å². The summed E-state index contributed by atoms with van der Waals surface area (Å²) in [5.74, 6) is -7.11. The minimum absolute atomic E-state index is 0.0961. The molecule has 2 rings (SSSR count). The zero-order valence-electron chi connectivity index (χ0n) is 16.0. The van der Waals surface area contributed by atoms with E-state index >= 15 is 0 Å². The lowest BCUT2D eigenvalue weighted by molar-refractivity contribution is -0.326. The molecule has 2 aromatic carbocycles. The number of halogens is 3. The summed E-state index contributed by atoms with van der Waals surface area (Å²) < 4.78 is 40.4. The first kappa shape index (κ1) is 22.4. The van der Waals surface area contributed by atoms with Gasteiger partial charge in [0.05, 0.1) is 5.92 Å². The zero-order chi connectivity index (χ0) is 20.7. The molecular formula is C22H27F3O3. The third kappa shape index (κ3) is 6.06. The molecule has 154 valence electrons. The summed E-state index contributed by atoms with van der Waals surface area (Å²) >= 11 is 0. The van der Waals surface area contributed by atoms with Crippen LogP contribution in [0.4, 0.5) is 13.2 Å². The van der Waals surface area contributed by atoms with Gasteiger partial charge in [0, 0.05) is 11.6 Å². The van der Waals surface area contributed by atoms with Crippen molar-refractivity contribution in [2.45, 2.75) is 63.8 Å². The predicted octanol–water partition coefficient (Wildman–Crippen LogP) is 5.24. The number of hydrogen-bond acceptors (Lipinski definition) is 3. The number of unbranched alkanes of at least 4 members (excludes halogenated alkanes) is 5. The Morgan fingerprint density at radius 3 is 1.96 bits per heavy atom. The highest BCUT2D eigenvalue weighted by atomic mass is 19.2. The molecule has 3 N–H and O–H groups in total. The van der Waals surface area contributed by atoms with Crippen molar-refractivity contribution < 1.29 is 28.5 Å². The van der Waals surface area contributed by atoms with E-state index in [0.717, 1.165) is 44.6 Å². The number of rotatable bonds is 10. The molecule has 0 aliphatic carbocycles. The van der Waals surface area contributed by atoms with Crippen LogP contribution in [0.3, 0.4) is 0 Å². The molecule has 0 aliphatic rings. The van der Waals surface area contributed by atoms with E-state index in [1.165, 1.54) is 24.3 Å².